The predicted molar refractivity (Wildman–Crippen MR) is 171 cm³/mol. The molecule has 0 aliphatic carbocycles. The molecule has 9 nitrogen and oxygen atoms in total. The molecular weight excluding hydrogens is 570 g/mol. The molecule has 228 valence electrons. The van der Waals surface area contributed by atoms with E-state index in [1.165, 1.54) is 11.8 Å². The lowest BCUT2D eigenvalue weighted by atomic mass is 9.97. The molecule has 0 spiro atoms. The van der Waals surface area contributed by atoms with Gasteiger partial charge in [-0.15, -0.1) is 0 Å². The van der Waals surface area contributed by atoms with Crippen molar-refractivity contribution < 1.29 is 28.7 Å². The number of carbonyl (C=O) groups is 4. The number of esters is 1. The quantitative estimate of drug-likeness (QED) is 0.211. The molecule has 0 atom stereocenters. The van der Waals surface area contributed by atoms with Crippen LogP contribution in [-0.4, -0.2) is 65.4 Å². The van der Waals surface area contributed by atoms with Gasteiger partial charge in [0.25, 0.3) is 5.91 Å². The minimum atomic E-state index is -0.631. The summed E-state index contributed by atoms with van der Waals surface area (Å²) < 4.78 is 10.9. The Balaban J connectivity index is 1.47. The topological polar surface area (TPSA) is 106 Å². The van der Waals surface area contributed by atoms with Crippen LogP contribution in [0.25, 0.3) is 28.1 Å². The molecule has 1 fully saturated rings. The Morgan fingerprint density at radius 2 is 1.58 bits per heavy atom. The molecule has 0 saturated carbocycles. The van der Waals surface area contributed by atoms with Gasteiger partial charge in [0.15, 0.2) is 0 Å². The zero-order valence-electron chi connectivity index (χ0n) is 25.6. The number of hydrogen-bond donors (Lipinski definition) is 0. The molecule has 0 N–H and O–H groups in total. The van der Waals surface area contributed by atoms with Gasteiger partial charge in [-0.25, -0.2) is 9.78 Å². The van der Waals surface area contributed by atoms with Gasteiger partial charge < -0.3 is 14.4 Å². The van der Waals surface area contributed by atoms with Gasteiger partial charge in [0.2, 0.25) is 11.7 Å². The molecule has 4 aromatic rings. The number of carbonyl (C=O) groups excluding carboxylic acids is 4. The van der Waals surface area contributed by atoms with E-state index in [0.717, 1.165) is 16.5 Å². The van der Waals surface area contributed by atoms with Gasteiger partial charge in [-0.05, 0) is 86.5 Å². The number of aromatic nitrogens is 1. The van der Waals surface area contributed by atoms with Crippen LogP contribution in [0.5, 0.6) is 0 Å². The largest absolute Gasteiger partial charge is 0.456 e. The van der Waals surface area contributed by atoms with Gasteiger partial charge in [-0.3, -0.25) is 19.3 Å². The van der Waals surface area contributed by atoms with Gasteiger partial charge >= 0.3 is 5.97 Å². The molecule has 45 heavy (non-hydrogen) atoms. The molecule has 3 aromatic carbocycles. The fourth-order valence-electron chi connectivity index (χ4n) is 5.60. The third kappa shape index (κ3) is 5.99. The molecule has 0 unspecified atom stereocenters. The first kappa shape index (κ1) is 29.9. The molecule has 1 saturated heterocycles. The van der Waals surface area contributed by atoms with Crippen molar-refractivity contribution >= 4 is 46.2 Å². The number of para-hydroxylation sites is 1. The molecule has 2 aliphatic heterocycles. The third-order valence-corrected chi connectivity index (χ3v) is 7.67. The van der Waals surface area contributed by atoms with E-state index in [-0.39, 0.29) is 23.3 Å². The molecule has 3 heterocycles. The minimum Gasteiger partial charge on any atom is -0.456 e. The SMILES string of the molecule is CC(=O)N1/C(=C\c2cc(-c3ccc(C(=O)OC(C)(C)C)cc3)c3cc(C(=O)N4CCOCC4)ccc3n2)C(=O)c2ccccc21. The number of pyridine rings is 1. The zero-order valence-corrected chi connectivity index (χ0v) is 25.6. The summed E-state index contributed by atoms with van der Waals surface area (Å²) in [7, 11) is 0. The van der Waals surface area contributed by atoms with Crippen molar-refractivity contribution in [3.63, 3.8) is 0 Å². The number of hydrogen-bond acceptors (Lipinski definition) is 7. The van der Waals surface area contributed by atoms with Crippen molar-refractivity contribution in [3.05, 3.63) is 101 Å². The Morgan fingerprint density at radius 1 is 0.889 bits per heavy atom. The van der Waals surface area contributed by atoms with Crippen molar-refractivity contribution in [2.75, 3.05) is 31.2 Å². The van der Waals surface area contributed by atoms with E-state index >= 15 is 0 Å². The number of fused-ring (bicyclic) bond motifs is 2. The van der Waals surface area contributed by atoms with Crippen LogP contribution in [-0.2, 0) is 14.3 Å². The van der Waals surface area contributed by atoms with E-state index in [1.807, 2.05) is 45.0 Å². The van der Waals surface area contributed by atoms with Gasteiger partial charge in [0, 0.05) is 36.5 Å². The second kappa shape index (κ2) is 11.7. The average molecular weight is 604 g/mol. The lowest BCUT2D eigenvalue weighted by Gasteiger charge is -2.27. The summed E-state index contributed by atoms with van der Waals surface area (Å²) in [6.45, 7) is 8.89. The highest BCUT2D eigenvalue weighted by Crippen LogP contribution is 2.37. The number of morpholine rings is 1. The second-order valence-electron chi connectivity index (χ2n) is 12.0. The van der Waals surface area contributed by atoms with Gasteiger partial charge in [0.05, 0.1) is 41.4 Å². The number of allylic oxidation sites excluding steroid dienone is 1. The van der Waals surface area contributed by atoms with Gasteiger partial charge in [-0.2, -0.15) is 0 Å². The van der Waals surface area contributed by atoms with E-state index in [4.69, 9.17) is 14.5 Å². The number of Topliss-reactive ketones (excluding diaryl/α,β-unsaturated/α-hetero) is 1. The van der Waals surface area contributed by atoms with Crippen molar-refractivity contribution in [1.29, 1.82) is 0 Å². The van der Waals surface area contributed by atoms with Crippen LogP contribution in [0, 0.1) is 0 Å². The molecule has 9 heteroatoms. The number of ketones is 1. The van der Waals surface area contributed by atoms with Crippen LogP contribution in [0.2, 0.25) is 0 Å². The molecule has 6 rings (SSSR count). The first-order valence-corrected chi connectivity index (χ1v) is 14.8. The lowest BCUT2D eigenvalue weighted by molar-refractivity contribution is -0.116. The van der Waals surface area contributed by atoms with Crippen molar-refractivity contribution in [2.24, 2.45) is 0 Å². The van der Waals surface area contributed by atoms with Crippen molar-refractivity contribution in [1.82, 2.24) is 9.88 Å². The average Bonchev–Trinajstić information content (AvgIpc) is 3.30. The van der Waals surface area contributed by atoms with Gasteiger partial charge in [0.1, 0.15) is 5.60 Å². The van der Waals surface area contributed by atoms with E-state index in [0.29, 0.717) is 59.9 Å². The zero-order chi connectivity index (χ0) is 31.9. The van der Waals surface area contributed by atoms with E-state index < -0.39 is 11.6 Å². The third-order valence-electron chi connectivity index (χ3n) is 7.67. The van der Waals surface area contributed by atoms with Crippen molar-refractivity contribution in [2.45, 2.75) is 33.3 Å². The fourth-order valence-corrected chi connectivity index (χ4v) is 5.60. The van der Waals surface area contributed by atoms with Crippen LogP contribution < -0.4 is 4.90 Å². The fraction of sp³-hybridized carbons (Fsp3) is 0.250. The first-order chi connectivity index (χ1) is 21.5. The van der Waals surface area contributed by atoms with E-state index in [2.05, 4.69) is 0 Å². The highest BCUT2D eigenvalue weighted by atomic mass is 16.6. The smallest absolute Gasteiger partial charge is 0.338 e. The molecule has 1 aromatic heterocycles. The number of anilines is 1. The maximum absolute atomic E-state index is 13.4. The van der Waals surface area contributed by atoms with Crippen LogP contribution in [0.4, 0.5) is 5.69 Å². The molecule has 2 amide bonds. The maximum Gasteiger partial charge on any atom is 0.338 e. The van der Waals surface area contributed by atoms with Crippen LogP contribution in [0.1, 0.15) is 64.5 Å². The predicted octanol–water partition coefficient (Wildman–Crippen LogP) is 5.92. The van der Waals surface area contributed by atoms with Crippen LogP contribution in [0.3, 0.4) is 0 Å². The first-order valence-electron chi connectivity index (χ1n) is 14.8. The summed E-state index contributed by atoms with van der Waals surface area (Å²) in [5.41, 5.74) is 4.07. The molecule has 0 radical (unpaired) electrons. The summed E-state index contributed by atoms with van der Waals surface area (Å²) in [6, 6.07) is 21.2. The maximum atomic E-state index is 13.4. The standard InChI is InChI=1S/C36H33N3O6/c1-22(40)39-31-8-6-5-7-27(31)33(41)32(39)21-26-20-28(23-9-11-24(12-10-23)35(43)45-36(2,3)4)29-19-25(13-14-30(29)37-26)34(42)38-15-17-44-18-16-38/h5-14,19-21H,15-18H2,1-4H3/b32-21-. The summed E-state index contributed by atoms with van der Waals surface area (Å²) in [6.07, 6.45) is 1.62. The summed E-state index contributed by atoms with van der Waals surface area (Å²) in [4.78, 5) is 60.2. The van der Waals surface area contributed by atoms with Gasteiger partial charge in [-0.1, -0.05) is 24.3 Å². The summed E-state index contributed by atoms with van der Waals surface area (Å²) in [5, 5.41) is 0.728. The highest BCUT2D eigenvalue weighted by molar-refractivity contribution is 6.26. The number of rotatable bonds is 4. The number of nitrogens with zero attached hydrogens (tertiary/aromatic N) is 3. The van der Waals surface area contributed by atoms with Crippen LogP contribution >= 0.6 is 0 Å². The minimum absolute atomic E-state index is 0.0935. The molecule has 0 bridgehead atoms. The molecule has 2 aliphatic rings. The van der Waals surface area contributed by atoms with Crippen molar-refractivity contribution in [3.8, 4) is 11.1 Å². The summed E-state index contributed by atoms with van der Waals surface area (Å²) >= 11 is 0. The Bertz CT molecular complexity index is 1880. The molecular formula is C36H33N3O6. The normalized spacial score (nSPS) is 15.8. The van der Waals surface area contributed by atoms with Crippen LogP contribution in [0.15, 0.2) is 78.5 Å². The Kier molecular flexibility index (Phi) is 7.80. The summed E-state index contributed by atoms with van der Waals surface area (Å²) in [5.74, 6) is -1.08. The Hall–Kier alpha value is -5.15. The van der Waals surface area contributed by atoms with E-state index in [9.17, 15) is 19.2 Å². The second-order valence-corrected chi connectivity index (χ2v) is 12.0. The number of ether oxygens (including phenoxy) is 2. The monoisotopic (exact) mass is 603 g/mol. The lowest BCUT2D eigenvalue weighted by Crippen LogP contribution is -2.40. The number of amides is 2. The number of benzene rings is 3. The Morgan fingerprint density at radius 3 is 2.27 bits per heavy atom. The highest BCUT2D eigenvalue weighted by Gasteiger charge is 2.34. The van der Waals surface area contributed by atoms with E-state index in [1.54, 1.807) is 59.5 Å². The Labute approximate surface area is 261 Å².